The van der Waals surface area contributed by atoms with Gasteiger partial charge in [-0.15, -0.1) is 0 Å². The molecule has 5 heteroatoms. The summed E-state index contributed by atoms with van der Waals surface area (Å²) in [6, 6.07) is 0.423. The Morgan fingerprint density at radius 3 is 2.47 bits per heavy atom. The van der Waals surface area contributed by atoms with E-state index in [1.807, 2.05) is 0 Å². The number of aliphatic hydroxyl groups is 1. The number of aliphatic hydroxyl groups excluding tert-OH is 1. The number of hydrogen-bond donors (Lipinski definition) is 2. The molecule has 0 saturated heterocycles. The molecule has 0 saturated carbocycles. The van der Waals surface area contributed by atoms with Crippen molar-refractivity contribution < 1.29 is 9.63 Å². The Bertz CT molecular complexity index is 286. The van der Waals surface area contributed by atoms with Crippen LogP contribution in [0.2, 0.25) is 0 Å². The molecular formula is C10H19N3O2. The summed E-state index contributed by atoms with van der Waals surface area (Å²) in [5.74, 6) is 0.611. The van der Waals surface area contributed by atoms with Crippen LogP contribution in [0.1, 0.15) is 32.5 Å². The van der Waals surface area contributed by atoms with Gasteiger partial charge in [-0.1, -0.05) is 19.0 Å². The lowest BCUT2D eigenvalue weighted by Crippen LogP contribution is -2.32. The second-order valence-corrected chi connectivity index (χ2v) is 3.87. The second-order valence-electron chi connectivity index (χ2n) is 3.87. The highest BCUT2D eigenvalue weighted by Crippen LogP contribution is 2.25. The summed E-state index contributed by atoms with van der Waals surface area (Å²) in [6.45, 7) is 6.73. The average Bonchev–Trinajstić information content (AvgIpc) is 2.67. The van der Waals surface area contributed by atoms with E-state index in [1.54, 1.807) is 6.92 Å². The minimum Gasteiger partial charge on any atom is -0.396 e. The lowest BCUT2D eigenvalue weighted by Gasteiger charge is -2.28. The lowest BCUT2D eigenvalue weighted by molar-refractivity contribution is 0.126. The third kappa shape index (κ3) is 2.92. The van der Waals surface area contributed by atoms with Crippen molar-refractivity contribution in [3.05, 3.63) is 5.82 Å². The van der Waals surface area contributed by atoms with E-state index in [-0.39, 0.29) is 12.0 Å². The highest BCUT2D eigenvalue weighted by atomic mass is 16.5. The number of aromatic nitrogens is 2. The van der Waals surface area contributed by atoms with Crippen LogP contribution in [-0.2, 0) is 0 Å². The Morgan fingerprint density at radius 1 is 1.40 bits per heavy atom. The van der Waals surface area contributed by atoms with E-state index < -0.39 is 0 Å². The zero-order valence-electron chi connectivity index (χ0n) is 9.58. The average molecular weight is 213 g/mol. The molecule has 0 fully saturated rings. The number of anilines is 1. The van der Waals surface area contributed by atoms with Crippen LogP contribution in [-0.4, -0.2) is 28.4 Å². The van der Waals surface area contributed by atoms with Gasteiger partial charge in [0.1, 0.15) is 0 Å². The predicted molar refractivity (Wildman–Crippen MR) is 57.6 cm³/mol. The number of aryl methyl sites for hydroxylation is 1. The fourth-order valence-corrected chi connectivity index (χ4v) is 1.41. The number of hydrogen-bond acceptors (Lipinski definition) is 5. The fourth-order valence-electron chi connectivity index (χ4n) is 1.41. The smallest absolute Gasteiger partial charge is 0.321 e. The molecule has 0 aromatic carbocycles. The summed E-state index contributed by atoms with van der Waals surface area (Å²) in [6.07, 6.45) is 1.83. The lowest BCUT2D eigenvalue weighted by atomic mass is 9.83. The first-order valence-electron chi connectivity index (χ1n) is 5.31. The molecule has 15 heavy (non-hydrogen) atoms. The summed E-state index contributed by atoms with van der Waals surface area (Å²) < 4.78 is 4.94. The molecule has 0 amide bonds. The fraction of sp³-hybridized carbons (Fsp3) is 0.800. The minimum atomic E-state index is -0.0949. The first kappa shape index (κ1) is 12.0. The second kappa shape index (κ2) is 5.11. The van der Waals surface area contributed by atoms with Crippen LogP contribution in [0.5, 0.6) is 0 Å². The molecular weight excluding hydrogens is 194 g/mol. The number of nitrogens with one attached hydrogen (secondary N) is 1. The van der Waals surface area contributed by atoms with Gasteiger partial charge in [0, 0.05) is 12.0 Å². The molecule has 0 radical (unpaired) electrons. The van der Waals surface area contributed by atoms with Crippen LogP contribution in [0.15, 0.2) is 4.52 Å². The van der Waals surface area contributed by atoms with Crippen LogP contribution in [0.25, 0.3) is 0 Å². The standard InChI is InChI=1S/C10H19N3O2/c1-4-10(5-2,7-14)6-11-9-12-8(3)13-15-9/h14H,4-7H2,1-3H3,(H,11,12,13). The Hall–Kier alpha value is -1.10. The van der Waals surface area contributed by atoms with Gasteiger partial charge in [0.25, 0.3) is 0 Å². The van der Waals surface area contributed by atoms with Crippen molar-refractivity contribution in [2.75, 3.05) is 18.5 Å². The van der Waals surface area contributed by atoms with E-state index in [1.165, 1.54) is 0 Å². The topological polar surface area (TPSA) is 71.2 Å². The van der Waals surface area contributed by atoms with Crippen LogP contribution < -0.4 is 5.32 Å². The van der Waals surface area contributed by atoms with Crippen LogP contribution >= 0.6 is 0 Å². The molecule has 0 aliphatic carbocycles. The molecule has 86 valence electrons. The van der Waals surface area contributed by atoms with E-state index >= 15 is 0 Å². The maximum atomic E-state index is 9.35. The molecule has 1 rings (SSSR count). The highest BCUT2D eigenvalue weighted by Gasteiger charge is 2.25. The van der Waals surface area contributed by atoms with Gasteiger partial charge in [-0.25, -0.2) is 0 Å². The molecule has 5 nitrogen and oxygen atoms in total. The first-order chi connectivity index (χ1) is 7.15. The third-order valence-corrected chi connectivity index (χ3v) is 2.98. The predicted octanol–water partition coefficient (Wildman–Crippen LogP) is 1.59. The van der Waals surface area contributed by atoms with Gasteiger partial charge >= 0.3 is 6.01 Å². The maximum absolute atomic E-state index is 9.35. The van der Waals surface area contributed by atoms with Crippen LogP contribution in [0.3, 0.4) is 0 Å². The summed E-state index contributed by atoms with van der Waals surface area (Å²) in [7, 11) is 0. The van der Waals surface area contributed by atoms with Gasteiger partial charge in [0.15, 0.2) is 5.82 Å². The Labute approximate surface area is 89.9 Å². The zero-order chi connectivity index (χ0) is 11.3. The highest BCUT2D eigenvalue weighted by molar-refractivity contribution is 5.18. The molecule has 0 aliphatic rings. The van der Waals surface area contributed by atoms with Crippen molar-refractivity contribution in [2.45, 2.75) is 33.6 Å². The first-order valence-corrected chi connectivity index (χ1v) is 5.31. The van der Waals surface area contributed by atoms with E-state index in [0.717, 1.165) is 12.8 Å². The largest absolute Gasteiger partial charge is 0.396 e. The Kier molecular flexibility index (Phi) is 4.08. The molecule has 0 spiro atoms. The van der Waals surface area contributed by atoms with E-state index in [2.05, 4.69) is 29.3 Å². The van der Waals surface area contributed by atoms with Crippen molar-refractivity contribution >= 4 is 6.01 Å². The molecule has 1 aromatic heterocycles. The molecule has 0 aliphatic heterocycles. The van der Waals surface area contributed by atoms with Crippen molar-refractivity contribution in [1.82, 2.24) is 10.1 Å². The summed E-state index contributed by atoms with van der Waals surface area (Å²) in [4.78, 5) is 4.05. The van der Waals surface area contributed by atoms with Crippen molar-refractivity contribution in [2.24, 2.45) is 5.41 Å². The molecule has 1 heterocycles. The molecule has 0 bridgehead atoms. The number of nitrogens with zero attached hydrogens (tertiary/aromatic N) is 2. The van der Waals surface area contributed by atoms with Gasteiger partial charge in [-0.3, -0.25) is 0 Å². The summed E-state index contributed by atoms with van der Waals surface area (Å²) in [5, 5.41) is 16.1. The normalized spacial score (nSPS) is 11.7. The zero-order valence-corrected chi connectivity index (χ0v) is 9.58. The summed E-state index contributed by atoms with van der Waals surface area (Å²) in [5.41, 5.74) is -0.0949. The van der Waals surface area contributed by atoms with Crippen molar-refractivity contribution in [3.8, 4) is 0 Å². The molecule has 0 unspecified atom stereocenters. The Balaban J connectivity index is 2.54. The van der Waals surface area contributed by atoms with Gasteiger partial charge in [0.05, 0.1) is 6.61 Å². The monoisotopic (exact) mass is 213 g/mol. The SMILES string of the molecule is CCC(CC)(CO)CNc1nc(C)no1. The minimum absolute atomic E-state index is 0.0949. The third-order valence-electron chi connectivity index (χ3n) is 2.98. The van der Waals surface area contributed by atoms with E-state index in [9.17, 15) is 5.11 Å². The Morgan fingerprint density at radius 2 is 2.07 bits per heavy atom. The molecule has 2 N–H and O–H groups in total. The van der Waals surface area contributed by atoms with Crippen LogP contribution in [0.4, 0.5) is 6.01 Å². The molecule has 0 atom stereocenters. The van der Waals surface area contributed by atoms with Crippen molar-refractivity contribution in [1.29, 1.82) is 0 Å². The van der Waals surface area contributed by atoms with E-state index in [0.29, 0.717) is 18.4 Å². The van der Waals surface area contributed by atoms with Gasteiger partial charge in [-0.05, 0) is 19.8 Å². The van der Waals surface area contributed by atoms with Crippen molar-refractivity contribution in [3.63, 3.8) is 0 Å². The van der Waals surface area contributed by atoms with Gasteiger partial charge < -0.3 is 14.9 Å². The van der Waals surface area contributed by atoms with Gasteiger partial charge in [-0.2, -0.15) is 4.98 Å². The maximum Gasteiger partial charge on any atom is 0.321 e. The molecule has 1 aromatic rings. The summed E-state index contributed by atoms with van der Waals surface area (Å²) >= 11 is 0. The number of rotatable bonds is 6. The van der Waals surface area contributed by atoms with Crippen LogP contribution in [0, 0.1) is 12.3 Å². The van der Waals surface area contributed by atoms with Gasteiger partial charge in [0.2, 0.25) is 0 Å². The quantitative estimate of drug-likeness (QED) is 0.750. The van der Waals surface area contributed by atoms with E-state index in [4.69, 9.17) is 4.52 Å².